The van der Waals surface area contributed by atoms with E-state index in [2.05, 4.69) is 5.32 Å². The molecule has 1 N–H and O–H groups in total. The second-order valence-corrected chi connectivity index (χ2v) is 11.4. The van der Waals surface area contributed by atoms with Crippen molar-refractivity contribution >= 4 is 39.1 Å². The maximum atomic E-state index is 13.5. The van der Waals surface area contributed by atoms with Gasteiger partial charge in [-0.2, -0.15) is 13.2 Å². The zero-order valence-electron chi connectivity index (χ0n) is 20.5. The zero-order valence-corrected chi connectivity index (χ0v) is 22.0. The number of rotatable bonds is 9. The smallest absolute Gasteiger partial charge is 0.352 e. The predicted molar refractivity (Wildman–Crippen MR) is 135 cm³/mol. The van der Waals surface area contributed by atoms with Crippen LogP contribution in [0.4, 0.5) is 18.9 Å². The van der Waals surface area contributed by atoms with Gasteiger partial charge < -0.3 is 10.2 Å². The van der Waals surface area contributed by atoms with Crippen molar-refractivity contribution in [3.05, 3.63) is 64.7 Å². The van der Waals surface area contributed by atoms with Gasteiger partial charge >= 0.3 is 6.18 Å². The Labute approximate surface area is 219 Å². The third-order valence-electron chi connectivity index (χ3n) is 6.29. The number of hydrogen-bond acceptors (Lipinski definition) is 4. The highest BCUT2D eigenvalue weighted by molar-refractivity contribution is 7.92. The summed E-state index contributed by atoms with van der Waals surface area (Å²) < 4.78 is 65.8. The molecule has 37 heavy (non-hydrogen) atoms. The highest BCUT2D eigenvalue weighted by atomic mass is 35.5. The van der Waals surface area contributed by atoms with Crippen molar-refractivity contribution in [1.29, 1.82) is 0 Å². The summed E-state index contributed by atoms with van der Waals surface area (Å²) in [6.07, 6.45) is -0.324. The van der Waals surface area contributed by atoms with Crippen LogP contribution in [-0.2, 0) is 32.3 Å². The molecule has 12 heteroatoms. The van der Waals surface area contributed by atoms with Crippen molar-refractivity contribution in [2.45, 2.75) is 57.4 Å². The number of carbonyl (C=O) groups excluding carboxylic acids is 2. The Bertz CT molecular complexity index is 1220. The lowest BCUT2D eigenvalue weighted by Crippen LogP contribution is -2.52. The molecule has 1 saturated carbocycles. The molecule has 0 saturated heterocycles. The number of amides is 2. The quantitative estimate of drug-likeness (QED) is 0.486. The Balaban J connectivity index is 1.94. The number of benzene rings is 2. The van der Waals surface area contributed by atoms with E-state index in [0.29, 0.717) is 15.9 Å². The van der Waals surface area contributed by atoms with Gasteiger partial charge in [0.05, 0.1) is 22.5 Å². The topological polar surface area (TPSA) is 86.8 Å². The number of carbonyl (C=O) groups is 2. The number of nitrogens with zero attached hydrogens (tertiary/aromatic N) is 2. The van der Waals surface area contributed by atoms with E-state index in [9.17, 15) is 31.2 Å². The molecule has 1 aliphatic carbocycles. The van der Waals surface area contributed by atoms with E-state index in [0.717, 1.165) is 44.1 Å². The van der Waals surface area contributed by atoms with Gasteiger partial charge in [0.25, 0.3) is 0 Å². The summed E-state index contributed by atoms with van der Waals surface area (Å²) >= 11 is 6.09. The first-order valence-corrected chi connectivity index (χ1v) is 14.0. The molecule has 0 aromatic heterocycles. The minimum atomic E-state index is -4.75. The largest absolute Gasteiger partial charge is 0.416 e. The molecule has 1 aliphatic rings. The Morgan fingerprint density at radius 1 is 1.11 bits per heavy atom. The normalized spacial score (nSPS) is 15.3. The van der Waals surface area contributed by atoms with Crippen molar-refractivity contribution in [3.8, 4) is 0 Å². The molecule has 2 aromatic rings. The second kappa shape index (κ2) is 11.7. The first kappa shape index (κ1) is 28.8. The average molecular weight is 560 g/mol. The van der Waals surface area contributed by atoms with Crippen LogP contribution in [-0.4, -0.2) is 50.0 Å². The van der Waals surface area contributed by atoms with E-state index >= 15 is 0 Å². The van der Waals surface area contributed by atoms with Gasteiger partial charge in [0.15, 0.2) is 0 Å². The third-order valence-corrected chi connectivity index (χ3v) is 7.73. The van der Waals surface area contributed by atoms with E-state index in [1.54, 1.807) is 30.3 Å². The fourth-order valence-electron chi connectivity index (χ4n) is 4.23. The molecule has 0 unspecified atom stereocenters. The number of sulfonamides is 1. The Morgan fingerprint density at radius 2 is 1.73 bits per heavy atom. The van der Waals surface area contributed by atoms with Crippen molar-refractivity contribution in [3.63, 3.8) is 0 Å². The molecule has 0 spiro atoms. The van der Waals surface area contributed by atoms with E-state index in [1.807, 2.05) is 0 Å². The van der Waals surface area contributed by atoms with Crippen molar-refractivity contribution in [2.24, 2.45) is 0 Å². The average Bonchev–Trinajstić information content (AvgIpc) is 3.33. The molecule has 1 atom stereocenters. The summed E-state index contributed by atoms with van der Waals surface area (Å²) in [7, 11) is -4.24. The minimum Gasteiger partial charge on any atom is -0.352 e. The van der Waals surface area contributed by atoms with Gasteiger partial charge in [0.2, 0.25) is 21.8 Å². The van der Waals surface area contributed by atoms with Crippen molar-refractivity contribution in [2.75, 3.05) is 17.1 Å². The van der Waals surface area contributed by atoms with Gasteiger partial charge in [-0.3, -0.25) is 13.9 Å². The van der Waals surface area contributed by atoms with Gasteiger partial charge in [-0.25, -0.2) is 8.42 Å². The van der Waals surface area contributed by atoms with E-state index in [-0.39, 0.29) is 23.5 Å². The van der Waals surface area contributed by atoms with Crippen molar-refractivity contribution in [1.82, 2.24) is 10.2 Å². The standard InChI is InChI=1S/C25H29ClF3N3O4S/c1-17(24(34)30-20-10-6-7-11-20)31(15-18-8-4-3-5-9-18)23(33)16-32(37(2,35)36)22-14-19(25(27,28)29)12-13-21(22)26/h3-5,8-9,12-14,17,20H,6-7,10-11,15-16H2,1-2H3,(H,30,34)/t17-/m0/s1. The van der Waals surface area contributed by atoms with E-state index < -0.39 is 45.9 Å². The van der Waals surface area contributed by atoms with Crippen LogP contribution >= 0.6 is 11.6 Å². The summed E-state index contributed by atoms with van der Waals surface area (Å²) in [5.41, 5.74) is -0.895. The number of anilines is 1. The first-order chi connectivity index (χ1) is 17.3. The van der Waals surface area contributed by atoms with Crippen LogP contribution in [0.5, 0.6) is 0 Å². The van der Waals surface area contributed by atoms with Crippen LogP contribution in [0.2, 0.25) is 5.02 Å². The van der Waals surface area contributed by atoms with Gasteiger partial charge in [0.1, 0.15) is 12.6 Å². The predicted octanol–water partition coefficient (Wildman–Crippen LogP) is 4.60. The zero-order chi connectivity index (χ0) is 27.4. The second-order valence-electron chi connectivity index (χ2n) is 9.11. The molecule has 3 rings (SSSR count). The van der Waals surface area contributed by atoms with Gasteiger partial charge in [0, 0.05) is 12.6 Å². The molecule has 2 aromatic carbocycles. The molecule has 1 fully saturated rings. The molecule has 0 heterocycles. The summed E-state index contributed by atoms with van der Waals surface area (Å²) in [5.74, 6) is -1.16. The van der Waals surface area contributed by atoms with Crippen LogP contribution in [0, 0.1) is 0 Å². The number of nitrogens with one attached hydrogen (secondary N) is 1. The molecule has 0 aliphatic heterocycles. The highest BCUT2D eigenvalue weighted by Gasteiger charge is 2.35. The molecule has 7 nitrogen and oxygen atoms in total. The summed E-state index contributed by atoms with van der Waals surface area (Å²) in [6.45, 7) is 0.688. The number of alkyl halides is 3. The molecule has 202 valence electrons. The lowest BCUT2D eigenvalue weighted by Gasteiger charge is -2.32. The molecular formula is C25H29ClF3N3O4S. The molecule has 0 radical (unpaired) electrons. The monoisotopic (exact) mass is 559 g/mol. The van der Waals surface area contributed by atoms with Crippen LogP contribution in [0.15, 0.2) is 48.5 Å². The SMILES string of the molecule is C[C@@H](C(=O)NC1CCCC1)N(Cc1ccccc1)C(=O)CN(c1cc(C(F)(F)F)ccc1Cl)S(C)(=O)=O. The van der Waals surface area contributed by atoms with Crippen LogP contribution in [0.3, 0.4) is 0 Å². The summed E-state index contributed by atoms with van der Waals surface area (Å²) in [4.78, 5) is 27.8. The fourth-order valence-corrected chi connectivity index (χ4v) is 5.35. The first-order valence-electron chi connectivity index (χ1n) is 11.8. The van der Waals surface area contributed by atoms with Crippen LogP contribution in [0.25, 0.3) is 0 Å². The van der Waals surface area contributed by atoms with E-state index in [1.165, 1.54) is 11.8 Å². The maximum Gasteiger partial charge on any atom is 0.416 e. The molecule has 2 amide bonds. The minimum absolute atomic E-state index is 0.0000558. The Hall–Kier alpha value is -2.79. The van der Waals surface area contributed by atoms with Crippen molar-refractivity contribution < 1.29 is 31.2 Å². The lowest BCUT2D eigenvalue weighted by atomic mass is 10.1. The van der Waals surface area contributed by atoms with Gasteiger partial charge in [-0.1, -0.05) is 54.8 Å². The third kappa shape index (κ3) is 7.61. The summed E-state index contributed by atoms with van der Waals surface area (Å²) in [5, 5.41) is 2.67. The molecular weight excluding hydrogens is 531 g/mol. The van der Waals surface area contributed by atoms with Crippen LogP contribution < -0.4 is 9.62 Å². The summed E-state index contributed by atoms with van der Waals surface area (Å²) in [6, 6.07) is 10.1. The maximum absolute atomic E-state index is 13.5. The highest BCUT2D eigenvalue weighted by Crippen LogP contribution is 2.36. The van der Waals surface area contributed by atoms with Gasteiger partial charge in [-0.15, -0.1) is 0 Å². The van der Waals surface area contributed by atoms with E-state index in [4.69, 9.17) is 11.6 Å². The van der Waals surface area contributed by atoms with Gasteiger partial charge in [-0.05, 0) is 43.5 Å². The fraction of sp³-hybridized carbons (Fsp3) is 0.440. The Morgan fingerprint density at radius 3 is 2.30 bits per heavy atom. The lowest BCUT2D eigenvalue weighted by molar-refractivity contribution is -0.139. The Kier molecular flexibility index (Phi) is 9.12. The number of halogens is 4. The van der Waals surface area contributed by atoms with Crippen LogP contribution in [0.1, 0.15) is 43.7 Å². The number of hydrogen-bond donors (Lipinski definition) is 1. The molecule has 0 bridgehead atoms.